The van der Waals surface area contributed by atoms with Crippen molar-refractivity contribution in [1.29, 1.82) is 0 Å². The maximum atomic E-state index is 12.3. The molecule has 1 N–H and O–H groups in total. The molecule has 2 heterocycles. The minimum atomic E-state index is -1.09. The molecule has 0 unspecified atom stereocenters. The fourth-order valence-corrected chi connectivity index (χ4v) is 2.43. The second kappa shape index (κ2) is 4.89. The van der Waals surface area contributed by atoms with E-state index >= 15 is 0 Å². The predicted molar refractivity (Wildman–Crippen MR) is 70.5 cm³/mol. The van der Waals surface area contributed by atoms with Gasteiger partial charge in [-0.05, 0) is 12.1 Å². The van der Waals surface area contributed by atoms with Gasteiger partial charge in [-0.2, -0.15) is 8.75 Å². The number of hydrogen-bond donors (Lipinski definition) is 1. The van der Waals surface area contributed by atoms with Crippen molar-refractivity contribution in [3.05, 3.63) is 35.7 Å². The first-order chi connectivity index (χ1) is 9.68. The SMILES string of the molecule is O=C(O)c1cccc2c1OCCN2C(=O)c1cnsn1. The molecule has 0 spiro atoms. The van der Waals surface area contributed by atoms with Crippen molar-refractivity contribution in [2.24, 2.45) is 0 Å². The summed E-state index contributed by atoms with van der Waals surface area (Å²) < 4.78 is 13.1. The molecule has 8 heteroatoms. The number of amides is 1. The molecule has 0 fully saturated rings. The van der Waals surface area contributed by atoms with E-state index in [0.717, 1.165) is 11.7 Å². The third-order valence-electron chi connectivity index (χ3n) is 2.90. The Morgan fingerprint density at radius 2 is 2.25 bits per heavy atom. The van der Waals surface area contributed by atoms with Crippen LogP contribution in [0.5, 0.6) is 5.75 Å². The molecule has 1 amide bonds. The fourth-order valence-electron chi connectivity index (χ4n) is 2.03. The molecule has 0 atom stereocenters. The van der Waals surface area contributed by atoms with Gasteiger partial charge in [-0.3, -0.25) is 9.69 Å². The molecule has 1 aromatic heterocycles. The van der Waals surface area contributed by atoms with E-state index in [2.05, 4.69) is 8.75 Å². The van der Waals surface area contributed by atoms with Gasteiger partial charge >= 0.3 is 5.97 Å². The molecule has 1 aliphatic rings. The lowest BCUT2D eigenvalue weighted by Gasteiger charge is -2.29. The second-order valence-corrected chi connectivity index (χ2v) is 4.61. The molecule has 0 radical (unpaired) electrons. The van der Waals surface area contributed by atoms with E-state index in [1.165, 1.54) is 17.2 Å². The zero-order valence-corrected chi connectivity index (χ0v) is 11.0. The van der Waals surface area contributed by atoms with Crippen LogP contribution in [-0.4, -0.2) is 38.9 Å². The molecule has 1 aromatic carbocycles. The molecule has 2 aromatic rings. The third kappa shape index (κ3) is 1.99. The van der Waals surface area contributed by atoms with Crippen LogP contribution in [0.15, 0.2) is 24.4 Å². The highest BCUT2D eigenvalue weighted by molar-refractivity contribution is 6.99. The Hall–Kier alpha value is -2.48. The summed E-state index contributed by atoms with van der Waals surface area (Å²) in [7, 11) is 0. The summed E-state index contributed by atoms with van der Waals surface area (Å²) in [6.07, 6.45) is 1.39. The van der Waals surface area contributed by atoms with E-state index in [1.807, 2.05) is 0 Å². The van der Waals surface area contributed by atoms with E-state index < -0.39 is 5.97 Å². The van der Waals surface area contributed by atoms with Crippen LogP contribution in [0.4, 0.5) is 5.69 Å². The molecule has 20 heavy (non-hydrogen) atoms. The summed E-state index contributed by atoms with van der Waals surface area (Å²) in [6, 6.07) is 4.68. The number of rotatable bonds is 2. The molecular weight excluding hydrogens is 282 g/mol. The summed E-state index contributed by atoms with van der Waals surface area (Å²) >= 11 is 0.948. The van der Waals surface area contributed by atoms with Gasteiger partial charge in [0.05, 0.1) is 30.2 Å². The van der Waals surface area contributed by atoms with Crippen molar-refractivity contribution in [2.45, 2.75) is 0 Å². The number of anilines is 1. The van der Waals surface area contributed by atoms with E-state index in [1.54, 1.807) is 12.1 Å². The number of nitrogens with zero attached hydrogens (tertiary/aromatic N) is 3. The van der Waals surface area contributed by atoms with E-state index in [4.69, 9.17) is 9.84 Å². The van der Waals surface area contributed by atoms with E-state index in [-0.39, 0.29) is 29.5 Å². The normalized spacial score (nSPS) is 13.5. The van der Waals surface area contributed by atoms with Crippen molar-refractivity contribution >= 4 is 29.3 Å². The van der Waals surface area contributed by atoms with Gasteiger partial charge in [0.2, 0.25) is 0 Å². The van der Waals surface area contributed by atoms with Crippen LogP contribution < -0.4 is 9.64 Å². The number of para-hydroxylation sites is 1. The Kier molecular flexibility index (Phi) is 3.07. The van der Waals surface area contributed by atoms with Crippen molar-refractivity contribution in [3.63, 3.8) is 0 Å². The van der Waals surface area contributed by atoms with Gasteiger partial charge in [0.25, 0.3) is 5.91 Å². The molecule has 3 rings (SSSR count). The first-order valence-corrected chi connectivity index (χ1v) is 6.50. The maximum Gasteiger partial charge on any atom is 0.339 e. The minimum absolute atomic E-state index is 0.0383. The lowest BCUT2D eigenvalue weighted by molar-refractivity contribution is 0.0690. The molecule has 1 aliphatic heterocycles. The van der Waals surface area contributed by atoms with Crippen LogP contribution in [0.1, 0.15) is 20.8 Å². The molecule has 0 saturated carbocycles. The quantitative estimate of drug-likeness (QED) is 0.895. The monoisotopic (exact) mass is 291 g/mol. The highest BCUT2D eigenvalue weighted by Gasteiger charge is 2.29. The highest BCUT2D eigenvalue weighted by Crippen LogP contribution is 2.35. The van der Waals surface area contributed by atoms with E-state index in [0.29, 0.717) is 12.2 Å². The van der Waals surface area contributed by atoms with Gasteiger partial charge in [-0.25, -0.2) is 4.79 Å². The van der Waals surface area contributed by atoms with Gasteiger partial charge in [0.1, 0.15) is 12.2 Å². The Labute approximate surface area is 117 Å². The fraction of sp³-hybridized carbons (Fsp3) is 0.167. The number of hydrogen-bond acceptors (Lipinski definition) is 6. The summed E-state index contributed by atoms with van der Waals surface area (Å²) in [6.45, 7) is 0.576. The zero-order valence-electron chi connectivity index (χ0n) is 10.1. The molecule has 0 saturated heterocycles. The summed E-state index contributed by atoms with van der Waals surface area (Å²) in [5.41, 5.74) is 0.717. The Morgan fingerprint density at radius 3 is 2.95 bits per heavy atom. The lowest BCUT2D eigenvalue weighted by atomic mass is 10.1. The summed E-state index contributed by atoms with van der Waals surface area (Å²) in [5.74, 6) is -1.19. The molecule has 102 valence electrons. The Morgan fingerprint density at radius 1 is 1.40 bits per heavy atom. The van der Waals surface area contributed by atoms with Gasteiger partial charge in [0, 0.05) is 0 Å². The number of carbonyl (C=O) groups is 2. The minimum Gasteiger partial charge on any atom is -0.489 e. The number of carboxylic acids is 1. The topological polar surface area (TPSA) is 92.6 Å². The van der Waals surface area contributed by atoms with Crippen LogP contribution >= 0.6 is 11.7 Å². The van der Waals surface area contributed by atoms with Gasteiger partial charge in [-0.15, -0.1) is 0 Å². The van der Waals surface area contributed by atoms with Crippen molar-refractivity contribution in [2.75, 3.05) is 18.1 Å². The molecular formula is C12H9N3O4S. The number of carbonyl (C=O) groups excluding carboxylic acids is 1. The van der Waals surface area contributed by atoms with Gasteiger partial charge in [-0.1, -0.05) is 6.07 Å². The van der Waals surface area contributed by atoms with Crippen LogP contribution in [0.2, 0.25) is 0 Å². The van der Waals surface area contributed by atoms with Crippen molar-refractivity contribution in [1.82, 2.24) is 8.75 Å². The van der Waals surface area contributed by atoms with E-state index in [9.17, 15) is 9.59 Å². The average molecular weight is 291 g/mol. The first kappa shape index (κ1) is 12.5. The summed E-state index contributed by atoms with van der Waals surface area (Å²) in [5, 5.41) is 9.15. The third-order valence-corrected chi connectivity index (χ3v) is 3.38. The Balaban J connectivity index is 2.05. The molecule has 7 nitrogen and oxygen atoms in total. The highest BCUT2D eigenvalue weighted by atomic mass is 32.1. The largest absolute Gasteiger partial charge is 0.489 e. The standard InChI is InChI=1S/C12H9N3O4S/c16-11(8-6-13-20-14-8)15-4-5-19-10-7(12(17)18)2-1-3-9(10)15/h1-3,6H,4-5H2,(H,17,18). The van der Waals surface area contributed by atoms with Crippen molar-refractivity contribution < 1.29 is 19.4 Å². The van der Waals surface area contributed by atoms with Crippen LogP contribution in [0, 0.1) is 0 Å². The predicted octanol–water partition coefficient (Wildman–Crippen LogP) is 1.28. The molecule has 0 aliphatic carbocycles. The molecule has 0 bridgehead atoms. The van der Waals surface area contributed by atoms with Crippen LogP contribution in [0.3, 0.4) is 0 Å². The zero-order chi connectivity index (χ0) is 14.1. The smallest absolute Gasteiger partial charge is 0.339 e. The first-order valence-electron chi connectivity index (χ1n) is 5.77. The number of fused-ring (bicyclic) bond motifs is 1. The number of aromatic carboxylic acids is 1. The summed E-state index contributed by atoms with van der Waals surface area (Å²) in [4.78, 5) is 25.0. The number of aromatic nitrogens is 2. The van der Waals surface area contributed by atoms with Crippen LogP contribution in [-0.2, 0) is 0 Å². The number of benzene rings is 1. The second-order valence-electron chi connectivity index (χ2n) is 4.06. The number of ether oxygens (including phenoxy) is 1. The average Bonchev–Trinajstić information content (AvgIpc) is 2.99. The number of carboxylic acid groups (broad SMARTS) is 1. The maximum absolute atomic E-state index is 12.3. The van der Waals surface area contributed by atoms with Gasteiger partial charge in [0.15, 0.2) is 11.4 Å². The lowest BCUT2D eigenvalue weighted by Crippen LogP contribution is -2.38. The Bertz CT molecular complexity index is 671. The van der Waals surface area contributed by atoms with Crippen molar-refractivity contribution in [3.8, 4) is 5.75 Å². The van der Waals surface area contributed by atoms with Crippen LogP contribution in [0.25, 0.3) is 0 Å². The van der Waals surface area contributed by atoms with Gasteiger partial charge < -0.3 is 9.84 Å².